The highest BCUT2D eigenvalue weighted by molar-refractivity contribution is 5.79. The molecule has 29 heavy (non-hydrogen) atoms. The topological polar surface area (TPSA) is 63.5 Å². The summed E-state index contributed by atoms with van der Waals surface area (Å²) in [7, 11) is 3.50. The van der Waals surface area contributed by atoms with Crippen molar-refractivity contribution in [1.82, 2.24) is 20.4 Å². The molecule has 6 heteroatoms. The molecular weight excluding hydrogens is 362 g/mol. The summed E-state index contributed by atoms with van der Waals surface area (Å²) < 4.78 is 7.22. The van der Waals surface area contributed by atoms with Crippen LogP contribution in [0.3, 0.4) is 0 Å². The summed E-state index contributed by atoms with van der Waals surface area (Å²) in [6.45, 7) is 2.33. The van der Waals surface area contributed by atoms with E-state index >= 15 is 0 Å². The molecule has 0 aliphatic heterocycles. The number of methoxy groups -OCH3 is 1. The molecule has 2 N–H and O–H groups in total. The van der Waals surface area contributed by atoms with E-state index in [0.29, 0.717) is 6.54 Å². The van der Waals surface area contributed by atoms with Gasteiger partial charge in [0.15, 0.2) is 5.96 Å². The van der Waals surface area contributed by atoms with Crippen LogP contribution in [0, 0.1) is 0 Å². The lowest BCUT2D eigenvalue weighted by atomic mass is 10.1. The Hall–Kier alpha value is -3.28. The van der Waals surface area contributed by atoms with Crippen LogP contribution in [0.5, 0.6) is 5.75 Å². The minimum atomic E-state index is 0.715. The van der Waals surface area contributed by atoms with Crippen LogP contribution in [0.15, 0.2) is 72.0 Å². The molecule has 0 bridgehead atoms. The number of aliphatic imine (C=N–C) groups is 1. The van der Waals surface area contributed by atoms with Gasteiger partial charge in [0.1, 0.15) is 5.75 Å². The second kappa shape index (κ2) is 10.9. The second-order valence-corrected chi connectivity index (χ2v) is 6.78. The largest absolute Gasteiger partial charge is 0.497 e. The number of nitrogens with zero attached hydrogens (tertiary/aromatic N) is 3. The lowest BCUT2D eigenvalue weighted by Gasteiger charge is -2.14. The van der Waals surface area contributed by atoms with Gasteiger partial charge in [-0.2, -0.15) is 5.10 Å². The molecule has 1 aromatic heterocycles. The number of hydrogen-bond acceptors (Lipinski definition) is 3. The average molecular weight is 392 g/mol. The Kier molecular flexibility index (Phi) is 7.69. The molecule has 0 unspecified atom stereocenters. The summed E-state index contributed by atoms with van der Waals surface area (Å²) in [6.07, 6.45) is 5.79. The van der Waals surface area contributed by atoms with Crippen molar-refractivity contribution >= 4 is 5.96 Å². The second-order valence-electron chi connectivity index (χ2n) is 6.78. The summed E-state index contributed by atoms with van der Waals surface area (Å²) in [5, 5.41) is 11.1. The fraction of sp³-hybridized carbons (Fsp3) is 0.304. The maximum absolute atomic E-state index is 5.28. The van der Waals surface area contributed by atoms with Gasteiger partial charge in [-0.3, -0.25) is 9.67 Å². The smallest absolute Gasteiger partial charge is 0.191 e. The van der Waals surface area contributed by atoms with E-state index in [9.17, 15) is 0 Å². The van der Waals surface area contributed by atoms with E-state index in [-0.39, 0.29) is 0 Å². The highest BCUT2D eigenvalue weighted by Crippen LogP contribution is 2.13. The summed E-state index contributed by atoms with van der Waals surface area (Å²) in [5.74, 6) is 1.71. The summed E-state index contributed by atoms with van der Waals surface area (Å²) in [5.41, 5.74) is 3.76. The number of aromatic nitrogens is 2. The van der Waals surface area contributed by atoms with Crippen LogP contribution in [-0.2, 0) is 19.5 Å². The number of nitrogens with one attached hydrogen (secondary N) is 2. The average Bonchev–Trinajstić information content (AvgIpc) is 3.27. The Labute approximate surface area is 172 Å². The van der Waals surface area contributed by atoms with Gasteiger partial charge in [-0.1, -0.05) is 36.4 Å². The third kappa shape index (κ3) is 6.38. The predicted molar refractivity (Wildman–Crippen MR) is 117 cm³/mol. The molecule has 0 radical (unpaired) electrons. The van der Waals surface area contributed by atoms with Gasteiger partial charge in [-0.15, -0.1) is 0 Å². The summed E-state index contributed by atoms with van der Waals surface area (Å²) in [6, 6.07) is 18.6. The maximum atomic E-state index is 5.28. The summed E-state index contributed by atoms with van der Waals surface area (Å²) >= 11 is 0. The quantitative estimate of drug-likeness (QED) is 0.334. The van der Waals surface area contributed by atoms with Gasteiger partial charge < -0.3 is 15.4 Å². The van der Waals surface area contributed by atoms with Crippen molar-refractivity contribution in [2.75, 3.05) is 20.7 Å². The van der Waals surface area contributed by atoms with Crippen molar-refractivity contribution in [3.05, 3.63) is 83.7 Å². The fourth-order valence-electron chi connectivity index (χ4n) is 3.18. The number of rotatable bonds is 9. The maximum Gasteiger partial charge on any atom is 0.191 e. The molecule has 152 valence electrons. The van der Waals surface area contributed by atoms with Crippen LogP contribution < -0.4 is 15.4 Å². The zero-order valence-electron chi connectivity index (χ0n) is 17.1. The first-order valence-corrected chi connectivity index (χ1v) is 9.90. The molecular formula is C23H29N5O. The van der Waals surface area contributed by atoms with E-state index < -0.39 is 0 Å². The van der Waals surface area contributed by atoms with Gasteiger partial charge in [0.05, 0.1) is 13.7 Å². The van der Waals surface area contributed by atoms with E-state index in [0.717, 1.165) is 37.6 Å². The third-order valence-corrected chi connectivity index (χ3v) is 4.75. The van der Waals surface area contributed by atoms with Gasteiger partial charge in [0.25, 0.3) is 0 Å². The fourth-order valence-corrected chi connectivity index (χ4v) is 3.18. The molecule has 0 spiro atoms. The Morgan fingerprint density at radius 2 is 1.93 bits per heavy atom. The molecule has 2 aromatic carbocycles. The van der Waals surface area contributed by atoms with Crippen LogP contribution in [0.2, 0.25) is 0 Å². The number of guanidine groups is 1. The zero-order chi connectivity index (χ0) is 20.3. The van der Waals surface area contributed by atoms with Gasteiger partial charge in [-0.05, 0) is 47.7 Å². The van der Waals surface area contributed by atoms with Gasteiger partial charge in [-0.25, -0.2) is 0 Å². The van der Waals surface area contributed by atoms with E-state index in [1.54, 1.807) is 20.4 Å². The molecule has 3 rings (SSSR count). The number of aryl methyl sites for hydroxylation is 1. The highest BCUT2D eigenvalue weighted by Gasteiger charge is 2.05. The normalized spacial score (nSPS) is 11.3. The van der Waals surface area contributed by atoms with Crippen LogP contribution in [-0.4, -0.2) is 36.4 Å². The molecule has 0 amide bonds. The molecule has 0 saturated heterocycles. The van der Waals surface area contributed by atoms with Crippen molar-refractivity contribution in [1.29, 1.82) is 0 Å². The Bertz CT molecular complexity index is 905. The number of ether oxygens (including phenoxy) is 1. The zero-order valence-corrected chi connectivity index (χ0v) is 17.1. The molecule has 0 fully saturated rings. The molecule has 0 saturated carbocycles. The van der Waals surface area contributed by atoms with Gasteiger partial charge >= 0.3 is 0 Å². The highest BCUT2D eigenvalue weighted by atomic mass is 16.5. The van der Waals surface area contributed by atoms with Crippen LogP contribution in [0.1, 0.15) is 23.1 Å². The Morgan fingerprint density at radius 1 is 1.07 bits per heavy atom. The van der Waals surface area contributed by atoms with E-state index in [4.69, 9.17) is 4.74 Å². The minimum Gasteiger partial charge on any atom is -0.497 e. The first kappa shape index (κ1) is 20.5. The molecule has 6 nitrogen and oxygen atoms in total. The first-order valence-electron chi connectivity index (χ1n) is 9.90. The van der Waals surface area contributed by atoms with Crippen molar-refractivity contribution in [2.24, 2.45) is 4.99 Å². The third-order valence-electron chi connectivity index (χ3n) is 4.75. The first-order chi connectivity index (χ1) is 14.3. The monoisotopic (exact) mass is 391 g/mol. The van der Waals surface area contributed by atoms with Crippen molar-refractivity contribution in [2.45, 2.75) is 25.9 Å². The van der Waals surface area contributed by atoms with E-state index in [2.05, 4.69) is 57.1 Å². The molecule has 1 heterocycles. The number of hydrogen-bond donors (Lipinski definition) is 2. The molecule has 0 aliphatic carbocycles. The standard InChI is InChI=1S/C23H29N5O/c1-24-23(25-13-6-9-19-8-5-12-22(16-19)29-2)26-17-20-10-3-4-11-21(20)18-28-15-7-14-27-28/h3-5,7-8,10-12,14-16H,6,9,13,17-18H2,1-2H3,(H2,24,25,26). The van der Waals surface area contributed by atoms with Crippen molar-refractivity contribution in [3.8, 4) is 5.75 Å². The van der Waals surface area contributed by atoms with Gasteiger partial charge in [0.2, 0.25) is 0 Å². The Balaban J connectivity index is 1.46. The Morgan fingerprint density at radius 3 is 2.69 bits per heavy atom. The van der Waals surface area contributed by atoms with Crippen LogP contribution >= 0.6 is 0 Å². The molecule has 3 aromatic rings. The lowest BCUT2D eigenvalue weighted by Crippen LogP contribution is -2.37. The SMILES string of the molecule is CN=C(NCCCc1cccc(OC)c1)NCc1ccccc1Cn1cccn1. The minimum absolute atomic E-state index is 0.715. The predicted octanol–water partition coefficient (Wildman–Crippen LogP) is 3.24. The number of benzene rings is 2. The lowest BCUT2D eigenvalue weighted by molar-refractivity contribution is 0.414. The van der Waals surface area contributed by atoms with Crippen LogP contribution in [0.25, 0.3) is 0 Å². The van der Waals surface area contributed by atoms with Crippen molar-refractivity contribution in [3.63, 3.8) is 0 Å². The van der Waals surface area contributed by atoms with E-state index in [1.165, 1.54) is 16.7 Å². The molecule has 0 aliphatic rings. The van der Waals surface area contributed by atoms with Crippen LogP contribution in [0.4, 0.5) is 0 Å². The molecule has 0 atom stereocenters. The van der Waals surface area contributed by atoms with E-state index in [1.807, 2.05) is 29.1 Å². The summed E-state index contributed by atoms with van der Waals surface area (Å²) in [4.78, 5) is 4.34. The van der Waals surface area contributed by atoms with Gasteiger partial charge in [0, 0.05) is 32.5 Å². The van der Waals surface area contributed by atoms with Crippen molar-refractivity contribution < 1.29 is 4.74 Å².